The monoisotopic (exact) mass is 298 g/mol. The first kappa shape index (κ1) is 17.2. The predicted molar refractivity (Wildman–Crippen MR) is 85.6 cm³/mol. The summed E-state index contributed by atoms with van der Waals surface area (Å²) in [6.45, 7) is 2.33. The van der Waals surface area contributed by atoms with Gasteiger partial charge in [0.1, 0.15) is 0 Å². The number of ether oxygens (including phenoxy) is 3. The quantitative estimate of drug-likeness (QED) is 0.672. The van der Waals surface area contributed by atoms with Crippen LogP contribution in [0.15, 0.2) is 0 Å². The molecule has 0 saturated heterocycles. The van der Waals surface area contributed by atoms with E-state index in [2.05, 4.69) is 0 Å². The molecule has 2 aliphatic rings. The number of hydrogen-bond acceptors (Lipinski definition) is 3. The molecule has 3 nitrogen and oxygen atoms in total. The molecule has 2 rings (SSSR count). The Morgan fingerprint density at radius 2 is 1.29 bits per heavy atom. The molecule has 3 heteroatoms. The third kappa shape index (κ3) is 4.94. The molecule has 0 aromatic rings. The molecule has 2 fully saturated rings. The van der Waals surface area contributed by atoms with Crippen molar-refractivity contribution in [2.45, 2.75) is 70.3 Å². The van der Waals surface area contributed by atoms with Crippen molar-refractivity contribution in [1.82, 2.24) is 0 Å². The molecule has 0 radical (unpaired) electrons. The third-order valence-corrected chi connectivity index (χ3v) is 5.49. The van der Waals surface area contributed by atoms with Crippen LogP contribution in [-0.2, 0) is 14.2 Å². The topological polar surface area (TPSA) is 27.7 Å². The van der Waals surface area contributed by atoms with E-state index in [1.54, 1.807) is 14.2 Å². The highest BCUT2D eigenvalue weighted by Crippen LogP contribution is 2.43. The van der Waals surface area contributed by atoms with E-state index in [0.29, 0.717) is 12.0 Å². The van der Waals surface area contributed by atoms with Crippen LogP contribution in [0.3, 0.4) is 0 Å². The summed E-state index contributed by atoms with van der Waals surface area (Å²) in [4.78, 5) is 0. The van der Waals surface area contributed by atoms with Crippen molar-refractivity contribution in [3.8, 4) is 0 Å². The Kier molecular flexibility index (Phi) is 7.48. The van der Waals surface area contributed by atoms with E-state index < -0.39 is 0 Å². The Labute approximate surface area is 130 Å². The first-order valence-corrected chi connectivity index (χ1v) is 8.90. The minimum absolute atomic E-state index is 0.0735. The van der Waals surface area contributed by atoms with Gasteiger partial charge in [0.15, 0.2) is 0 Å². The van der Waals surface area contributed by atoms with Crippen molar-refractivity contribution in [2.75, 3.05) is 34.0 Å². The molecule has 0 bridgehead atoms. The summed E-state index contributed by atoms with van der Waals surface area (Å²) >= 11 is 0. The van der Waals surface area contributed by atoms with Crippen LogP contribution in [0.2, 0.25) is 0 Å². The van der Waals surface area contributed by atoms with Crippen LogP contribution in [0, 0.1) is 11.3 Å². The Balaban J connectivity index is 1.89. The minimum Gasteiger partial charge on any atom is -0.384 e. The lowest BCUT2D eigenvalue weighted by atomic mass is 9.66. The Morgan fingerprint density at radius 3 is 1.76 bits per heavy atom. The molecule has 124 valence electrons. The highest BCUT2D eigenvalue weighted by atomic mass is 16.5. The first-order valence-electron chi connectivity index (χ1n) is 8.90. The molecular weight excluding hydrogens is 264 g/mol. The summed E-state index contributed by atoms with van der Waals surface area (Å²) in [5.74, 6) is 0.714. The van der Waals surface area contributed by atoms with Crippen LogP contribution in [0.5, 0.6) is 0 Å². The summed E-state index contributed by atoms with van der Waals surface area (Å²) < 4.78 is 17.5. The maximum absolute atomic E-state index is 6.39. The maximum Gasteiger partial charge on any atom is 0.0575 e. The number of hydrogen-bond donors (Lipinski definition) is 0. The molecule has 0 unspecified atom stereocenters. The molecule has 0 heterocycles. The van der Waals surface area contributed by atoms with Gasteiger partial charge in [0.05, 0.1) is 25.9 Å². The van der Waals surface area contributed by atoms with Gasteiger partial charge in [0, 0.05) is 19.6 Å². The Morgan fingerprint density at radius 1 is 0.714 bits per heavy atom. The second-order valence-corrected chi connectivity index (χ2v) is 7.13. The highest BCUT2D eigenvalue weighted by molar-refractivity contribution is 4.91. The van der Waals surface area contributed by atoms with Gasteiger partial charge >= 0.3 is 0 Å². The zero-order chi connectivity index (χ0) is 15.0. The van der Waals surface area contributed by atoms with Crippen molar-refractivity contribution in [3.05, 3.63) is 0 Å². The van der Waals surface area contributed by atoms with E-state index in [9.17, 15) is 0 Å². The van der Waals surface area contributed by atoms with Gasteiger partial charge in [-0.3, -0.25) is 0 Å². The second-order valence-electron chi connectivity index (χ2n) is 7.13. The Bertz CT molecular complexity index is 262. The summed E-state index contributed by atoms with van der Waals surface area (Å²) in [5.41, 5.74) is 0.0735. The Hall–Kier alpha value is -0.120. The molecule has 21 heavy (non-hydrogen) atoms. The molecular formula is C18H34O3. The molecule has 0 N–H and O–H groups in total. The van der Waals surface area contributed by atoms with Gasteiger partial charge in [0.2, 0.25) is 0 Å². The van der Waals surface area contributed by atoms with Gasteiger partial charge in [-0.15, -0.1) is 0 Å². The van der Waals surface area contributed by atoms with Crippen LogP contribution in [0.4, 0.5) is 0 Å². The average molecular weight is 298 g/mol. The van der Waals surface area contributed by atoms with Gasteiger partial charge in [0.25, 0.3) is 0 Å². The van der Waals surface area contributed by atoms with E-state index in [-0.39, 0.29) is 5.41 Å². The fourth-order valence-corrected chi connectivity index (χ4v) is 3.94. The summed E-state index contributed by atoms with van der Waals surface area (Å²) in [7, 11) is 3.61. The van der Waals surface area contributed by atoms with Crippen LogP contribution in [0.1, 0.15) is 64.2 Å². The van der Waals surface area contributed by atoms with Gasteiger partial charge < -0.3 is 14.2 Å². The van der Waals surface area contributed by atoms with Crippen molar-refractivity contribution in [3.63, 3.8) is 0 Å². The van der Waals surface area contributed by atoms with Gasteiger partial charge in [-0.25, -0.2) is 0 Å². The summed E-state index contributed by atoms with van der Waals surface area (Å²) in [6.07, 6.45) is 13.7. The summed E-state index contributed by atoms with van der Waals surface area (Å²) in [6, 6.07) is 0. The van der Waals surface area contributed by atoms with Gasteiger partial charge in [-0.1, -0.05) is 38.5 Å². The van der Waals surface area contributed by atoms with Crippen molar-refractivity contribution < 1.29 is 14.2 Å². The molecule has 0 amide bonds. The standard InChI is InChI=1S/C18H34O3/c1-19-13-18(14-20-2,16-9-8-10-16)15-21-17-11-6-4-3-5-7-12-17/h16-17H,3-15H2,1-2H3. The minimum atomic E-state index is 0.0735. The zero-order valence-corrected chi connectivity index (χ0v) is 14.1. The van der Waals surface area contributed by atoms with Crippen LogP contribution in [-0.4, -0.2) is 40.1 Å². The highest BCUT2D eigenvalue weighted by Gasteiger charge is 2.43. The van der Waals surface area contributed by atoms with E-state index >= 15 is 0 Å². The van der Waals surface area contributed by atoms with Crippen LogP contribution >= 0.6 is 0 Å². The lowest BCUT2D eigenvalue weighted by Gasteiger charge is -2.45. The average Bonchev–Trinajstić information content (AvgIpc) is 2.36. The molecule has 0 atom stereocenters. The van der Waals surface area contributed by atoms with Crippen molar-refractivity contribution in [1.29, 1.82) is 0 Å². The number of rotatable bonds is 8. The largest absolute Gasteiger partial charge is 0.384 e. The second kappa shape index (κ2) is 9.12. The fourth-order valence-electron chi connectivity index (χ4n) is 3.94. The van der Waals surface area contributed by atoms with Gasteiger partial charge in [-0.2, -0.15) is 0 Å². The smallest absolute Gasteiger partial charge is 0.0575 e. The molecule has 2 aliphatic carbocycles. The normalized spacial score (nSPS) is 22.6. The lowest BCUT2D eigenvalue weighted by Crippen LogP contribution is -2.47. The van der Waals surface area contributed by atoms with Crippen LogP contribution in [0.25, 0.3) is 0 Å². The predicted octanol–water partition coefficient (Wildman–Crippen LogP) is 4.20. The van der Waals surface area contributed by atoms with E-state index in [1.807, 2.05) is 0 Å². The number of methoxy groups -OCH3 is 2. The first-order chi connectivity index (χ1) is 10.3. The fraction of sp³-hybridized carbons (Fsp3) is 1.00. The maximum atomic E-state index is 6.39. The molecule has 0 aromatic heterocycles. The summed E-state index contributed by atoms with van der Waals surface area (Å²) in [5, 5.41) is 0. The molecule has 0 aliphatic heterocycles. The van der Waals surface area contributed by atoms with Crippen molar-refractivity contribution >= 4 is 0 Å². The molecule has 0 aromatic carbocycles. The molecule has 0 spiro atoms. The lowest BCUT2D eigenvalue weighted by molar-refractivity contribution is -0.120. The third-order valence-electron chi connectivity index (χ3n) is 5.49. The zero-order valence-electron chi connectivity index (χ0n) is 14.1. The van der Waals surface area contributed by atoms with E-state index in [0.717, 1.165) is 19.8 Å². The van der Waals surface area contributed by atoms with Crippen LogP contribution < -0.4 is 0 Å². The molecule has 2 saturated carbocycles. The van der Waals surface area contributed by atoms with Gasteiger partial charge in [-0.05, 0) is 31.6 Å². The van der Waals surface area contributed by atoms with Crippen molar-refractivity contribution in [2.24, 2.45) is 11.3 Å². The van der Waals surface area contributed by atoms with E-state index in [1.165, 1.54) is 64.2 Å². The van der Waals surface area contributed by atoms with E-state index in [4.69, 9.17) is 14.2 Å². The SMILES string of the molecule is COCC(COC)(COC1CCCCCCC1)C1CCC1.